The zero-order chi connectivity index (χ0) is 21.6. The molecule has 0 unspecified atom stereocenters. The fraction of sp³-hybridized carbons (Fsp3) is 0.769. The van der Waals surface area contributed by atoms with Gasteiger partial charge in [0.1, 0.15) is 5.75 Å². The minimum absolute atomic E-state index is 0.0459. The summed E-state index contributed by atoms with van der Waals surface area (Å²) in [6.45, 7) is 1.25. The van der Waals surface area contributed by atoms with Crippen LogP contribution in [0.5, 0.6) is 5.75 Å². The van der Waals surface area contributed by atoms with Gasteiger partial charge in [0, 0.05) is 11.8 Å². The van der Waals surface area contributed by atoms with Gasteiger partial charge in [0.2, 0.25) is 0 Å². The highest BCUT2D eigenvalue weighted by molar-refractivity contribution is 5.29. The molecule has 4 rings (SSSR count). The van der Waals surface area contributed by atoms with Gasteiger partial charge in [0.25, 0.3) is 0 Å². The summed E-state index contributed by atoms with van der Waals surface area (Å²) in [4.78, 5) is 0. The van der Waals surface area contributed by atoms with Crippen molar-refractivity contribution in [2.24, 2.45) is 23.7 Å². The van der Waals surface area contributed by atoms with E-state index in [2.05, 4.69) is 11.7 Å². The lowest BCUT2D eigenvalue weighted by molar-refractivity contribution is -0.236. The maximum Gasteiger partial charge on any atom is 0.387 e. The van der Waals surface area contributed by atoms with Crippen LogP contribution in [0.25, 0.3) is 0 Å². The minimum atomic E-state index is -2.77. The van der Waals surface area contributed by atoms with Gasteiger partial charge >= 0.3 is 6.61 Å². The van der Waals surface area contributed by atoms with Crippen LogP contribution in [0.15, 0.2) is 24.3 Å². The topological polar surface area (TPSA) is 27.7 Å². The Kier molecular flexibility index (Phi) is 8.22. The number of ether oxygens (including phenoxy) is 3. The van der Waals surface area contributed by atoms with E-state index >= 15 is 0 Å². The van der Waals surface area contributed by atoms with Crippen molar-refractivity contribution >= 4 is 0 Å². The highest BCUT2D eigenvalue weighted by Gasteiger charge is 2.36. The molecular formula is C26H38F2O3. The van der Waals surface area contributed by atoms with Crippen molar-refractivity contribution in [3.63, 3.8) is 0 Å². The molecule has 0 atom stereocenters. The molecule has 1 heterocycles. The zero-order valence-corrected chi connectivity index (χ0v) is 18.8. The van der Waals surface area contributed by atoms with E-state index in [1.807, 2.05) is 12.1 Å². The van der Waals surface area contributed by atoms with Gasteiger partial charge in [-0.1, -0.05) is 44.7 Å². The van der Waals surface area contributed by atoms with E-state index in [0.29, 0.717) is 17.8 Å². The van der Waals surface area contributed by atoms with Crippen LogP contribution in [0.1, 0.15) is 82.6 Å². The van der Waals surface area contributed by atoms with Gasteiger partial charge < -0.3 is 14.2 Å². The number of hydrogen-bond donors (Lipinski definition) is 0. The highest BCUT2D eigenvalue weighted by atomic mass is 19.3. The van der Waals surface area contributed by atoms with E-state index in [9.17, 15) is 8.78 Å². The molecule has 1 aliphatic heterocycles. The smallest absolute Gasteiger partial charge is 0.387 e. The summed E-state index contributed by atoms with van der Waals surface area (Å²) in [6.07, 6.45) is 12.5. The minimum Gasteiger partial charge on any atom is -0.435 e. The Morgan fingerprint density at radius 3 is 2.03 bits per heavy atom. The van der Waals surface area contributed by atoms with Crippen LogP contribution in [-0.2, 0) is 9.47 Å². The number of rotatable bonds is 7. The predicted molar refractivity (Wildman–Crippen MR) is 117 cm³/mol. The van der Waals surface area contributed by atoms with Crippen molar-refractivity contribution in [1.82, 2.24) is 0 Å². The Morgan fingerprint density at radius 1 is 0.839 bits per heavy atom. The number of halogens is 2. The van der Waals surface area contributed by atoms with Crippen molar-refractivity contribution in [3.05, 3.63) is 29.8 Å². The Morgan fingerprint density at radius 2 is 1.45 bits per heavy atom. The lowest BCUT2D eigenvalue weighted by atomic mass is 9.74. The number of benzene rings is 1. The quantitative estimate of drug-likeness (QED) is 0.454. The molecule has 1 aromatic carbocycles. The average Bonchev–Trinajstić information content (AvgIpc) is 2.80. The van der Waals surface area contributed by atoms with Crippen LogP contribution in [0.2, 0.25) is 0 Å². The summed E-state index contributed by atoms with van der Waals surface area (Å²) in [5.74, 6) is 3.48. The molecule has 2 saturated carbocycles. The largest absolute Gasteiger partial charge is 0.435 e. The first kappa shape index (κ1) is 23.0. The Bertz CT molecular complexity index is 641. The molecule has 3 nitrogen and oxygen atoms in total. The second-order valence-corrected chi connectivity index (χ2v) is 9.92. The van der Waals surface area contributed by atoms with E-state index in [0.717, 1.165) is 50.7 Å². The molecule has 1 saturated heterocycles. The summed E-state index contributed by atoms with van der Waals surface area (Å²) in [5.41, 5.74) is 1.21. The molecule has 5 heteroatoms. The molecule has 0 bridgehead atoms. The predicted octanol–water partition coefficient (Wildman–Crippen LogP) is 7.16. The van der Waals surface area contributed by atoms with Crippen LogP contribution >= 0.6 is 0 Å². The molecule has 0 radical (unpaired) electrons. The summed E-state index contributed by atoms with van der Waals surface area (Å²) >= 11 is 0. The van der Waals surface area contributed by atoms with Crippen LogP contribution in [0.3, 0.4) is 0 Å². The molecule has 31 heavy (non-hydrogen) atoms. The van der Waals surface area contributed by atoms with Crippen LogP contribution in [0, 0.1) is 23.7 Å². The fourth-order valence-electron chi connectivity index (χ4n) is 6.08. The summed E-state index contributed by atoms with van der Waals surface area (Å²) < 4.78 is 41.6. The van der Waals surface area contributed by atoms with E-state index in [1.54, 1.807) is 12.1 Å². The van der Waals surface area contributed by atoms with Gasteiger partial charge in [-0.15, -0.1) is 0 Å². The van der Waals surface area contributed by atoms with E-state index < -0.39 is 6.61 Å². The van der Waals surface area contributed by atoms with Gasteiger partial charge in [-0.05, 0) is 74.0 Å². The average molecular weight is 437 g/mol. The third-order valence-corrected chi connectivity index (χ3v) is 7.94. The summed E-state index contributed by atoms with van der Waals surface area (Å²) in [7, 11) is 0. The molecule has 174 valence electrons. The van der Waals surface area contributed by atoms with E-state index in [-0.39, 0.29) is 12.0 Å². The summed E-state index contributed by atoms with van der Waals surface area (Å²) in [5, 5.41) is 0. The van der Waals surface area contributed by atoms with Crippen molar-refractivity contribution in [3.8, 4) is 5.75 Å². The highest BCUT2D eigenvalue weighted by Crippen LogP contribution is 2.41. The number of alkyl halides is 2. The molecule has 0 amide bonds. The fourth-order valence-corrected chi connectivity index (χ4v) is 6.08. The monoisotopic (exact) mass is 436 g/mol. The molecule has 0 N–H and O–H groups in total. The van der Waals surface area contributed by atoms with Gasteiger partial charge in [-0.3, -0.25) is 0 Å². The molecule has 0 spiro atoms. The summed E-state index contributed by atoms with van der Waals surface area (Å²) in [6, 6.07) is 7.15. The molecule has 3 fully saturated rings. The molecular weight excluding hydrogens is 398 g/mol. The molecule has 0 aromatic heterocycles. The second-order valence-electron chi connectivity index (χ2n) is 9.92. The molecule has 2 aliphatic carbocycles. The van der Waals surface area contributed by atoms with Crippen molar-refractivity contribution in [1.29, 1.82) is 0 Å². The Labute approximate surface area is 185 Å². The lowest BCUT2D eigenvalue weighted by Crippen LogP contribution is -2.41. The normalized spacial score (nSPS) is 34.6. The first-order valence-corrected chi connectivity index (χ1v) is 12.4. The lowest BCUT2D eigenvalue weighted by Gasteiger charge is -2.41. The number of hydrogen-bond acceptors (Lipinski definition) is 3. The van der Waals surface area contributed by atoms with E-state index in [1.165, 1.54) is 44.1 Å². The SMILES string of the molecule is CCCC1CCC(C2COC(C3CCC(c4ccc(OC(F)F)cc4)CC3)OC2)CC1. The molecule has 1 aromatic rings. The van der Waals surface area contributed by atoms with Gasteiger partial charge in [-0.2, -0.15) is 8.78 Å². The van der Waals surface area contributed by atoms with E-state index in [4.69, 9.17) is 9.47 Å². The van der Waals surface area contributed by atoms with Crippen molar-refractivity contribution < 1.29 is 23.0 Å². The molecule has 3 aliphatic rings. The standard InChI is InChI=1S/C26H38F2O3/c1-2-3-18-4-6-21(7-5-18)23-16-29-25(30-17-23)22-10-8-19(9-11-22)20-12-14-24(15-13-20)31-26(27)28/h12-15,18-19,21-23,25-26H,2-11,16-17H2,1H3. The third-order valence-electron chi connectivity index (χ3n) is 7.94. The van der Waals surface area contributed by atoms with Crippen molar-refractivity contribution in [2.45, 2.75) is 90.0 Å². The second kappa shape index (κ2) is 11.1. The van der Waals surface area contributed by atoms with Crippen molar-refractivity contribution in [2.75, 3.05) is 13.2 Å². The maximum absolute atomic E-state index is 12.3. The van der Waals surface area contributed by atoms with Crippen LogP contribution < -0.4 is 4.74 Å². The van der Waals surface area contributed by atoms with Crippen LogP contribution in [-0.4, -0.2) is 26.1 Å². The Balaban J connectivity index is 1.18. The first-order chi connectivity index (χ1) is 15.1. The Hall–Kier alpha value is -1.20. The maximum atomic E-state index is 12.3. The zero-order valence-electron chi connectivity index (χ0n) is 18.8. The van der Waals surface area contributed by atoms with Gasteiger partial charge in [0.05, 0.1) is 13.2 Å². The van der Waals surface area contributed by atoms with Gasteiger partial charge in [-0.25, -0.2) is 0 Å². The third kappa shape index (κ3) is 6.19. The van der Waals surface area contributed by atoms with Crippen LogP contribution in [0.4, 0.5) is 8.78 Å². The van der Waals surface area contributed by atoms with Gasteiger partial charge in [0.15, 0.2) is 6.29 Å². The first-order valence-electron chi connectivity index (χ1n) is 12.4.